The van der Waals surface area contributed by atoms with Crippen LogP contribution in [0.2, 0.25) is 0 Å². The summed E-state index contributed by atoms with van der Waals surface area (Å²) in [7, 11) is 0. The van der Waals surface area contributed by atoms with Gasteiger partial charge in [-0.2, -0.15) is 0 Å². The summed E-state index contributed by atoms with van der Waals surface area (Å²) in [5.41, 5.74) is 1.63. The molecule has 0 saturated carbocycles. The molecule has 0 unspecified atom stereocenters. The molecule has 0 spiro atoms. The van der Waals surface area contributed by atoms with E-state index < -0.39 is 5.97 Å². The molecule has 0 aliphatic rings. The fourth-order valence-corrected chi connectivity index (χ4v) is 1.67. The van der Waals surface area contributed by atoms with Crippen LogP contribution in [-0.2, 0) is 13.0 Å². The first-order chi connectivity index (χ1) is 8.22. The maximum Gasteiger partial charge on any atom is 0.358 e. The number of furan rings is 1. The van der Waals surface area contributed by atoms with Gasteiger partial charge in [0.25, 0.3) is 0 Å². The second-order valence-electron chi connectivity index (χ2n) is 3.73. The van der Waals surface area contributed by atoms with Crippen LogP contribution < -0.4 is 0 Å². The van der Waals surface area contributed by atoms with Gasteiger partial charge in [-0.15, -0.1) is 5.10 Å². The molecule has 6 heteroatoms. The summed E-state index contributed by atoms with van der Waals surface area (Å²) in [6.07, 6.45) is 4.67. The van der Waals surface area contributed by atoms with Crippen molar-refractivity contribution in [2.24, 2.45) is 0 Å². The van der Waals surface area contributed by atoms with Crippen molar-refractivity contribution < 1.29 is 14.3 Å². The van der Waals surface area contributed by atoms with E-state index in [1.165, 1.54) is 0 Å². The average Bonchev–Trinajstić information content (AvgIpc) is 2.90. The fraction of sp³-hybridized carbons (Fsp3) is 0.364. The molecule has 0 saturated heterocycles. The van der Waals surface area contributed by atoms with Crippen LogP contribution in [0.1, 0.15) is 35.1 Å². The first-order valence-electron chi connectivity index (χ1n) is 5.39. The van der Waals surface area contributed by atoms with Crippen molar-refractivity contribution in [1.82, 2.24) is 15.0 Å². The second-order valence-corrected chi connectivity index (χ2v) is 3.73. The highest BCUT2D eigenvalue weighted by Crippen LogP contribution is 2.11. The molecule has 90 valence electrons. The maximum atomic E-state index is 11.0. The lowest BCUT2D eigenvalue weighted by Crippen LogP contribution is -2.08. The summed E-state index contributed by atoms with van der Waals surface area (Å²) in [6, 6.07) is 1.82. The van der Waals surface area contributed by atoms with Crippen molar-refractivity contribution in [2.45, 2.75) is 26.3 Å². The third-order valence-electron chi connectivity index (χ3n) is 2.44. The van der Waals surface area contributed by atoms with E-state index >= 15 is 0 Å². The van der Waals surface area contributed by atoms with E-state index in [9.17, 15) is 4.79 Å². The van der Waals surface area contributed by atoms with Crippen LogP contribution in [0, 0.1) is 0 Å². The molecule has 17 heavy (non-hydrogen) atoms. The number of aromatic nitrogens is 3. The van der Waals surface area contributed by atoms with E-state index in [-0.39, 0.29) is 5.69 Å². The first-order valence-corrected chi connectivity index (χ1v) is 5.39. The van der Waals surface area contributed by atoms with Gasteiger partial charge >= 0.3 is 5.97 Å². The molecule has 0 bridgehead atoms. The zero-order chi connectivity index (χ0) is 12.3. The van der Waals surface area contributed by atoms with Crippen molar-refractivity contribution in [3.05, 3.63) is 35.5 Å². The van der Waals surface area contributed by atoms with E-state index in [4.69, 9.17) is 9.52 Å². The minimum absolute atomic E-state index is 0.0374. The zero-order valence-corrected chi connectivity index (χ0v) is 9.46. The summed E-state index contributed by atoms with van der Waals surface area (Å²) in [5, 5.41) is 16.6. The lowest BCUT2D eigenvalue weighted by Gasteiger charge is -2.03. The highest BCUT2D eigenvalue weighted by molar-refractivity contribution is 5.86. The molecule has 2 aromatic rings. The molecule has 2 rings (SSSR count). The van der Waals surface area contributed by atoms with Crippen LogP contribution in [0.15, 0.2) is 23.0 Å². The van der Waals surface area contributed by atoms with E-state index in [0.717, 1.165) is 12.0 Å². The Balaban J connectivity index is 2.30. The fourth-order valence-electron chi connectivity index (χ4n) is 1.67. The van der Waals surface area contributed by atoms with E-state index in [2.05, 4.69) is 10.3 Å². The van der Waals surface area contributed by atoms with Crippen molar-refractivity contribution in [3.63, 3.8) is 0 Å². The number of carbonyl (C=O) groups is 1. The molecular formula is C11H13N3O3. The molecule has 0 aliphatic carbocycles. The molecule has 0 radical (unpaired) electrons. The highest BCUT2D eigenvalue weighted by Gasteiger charge is 2.18. The van der Waals surface area contributed by atoms with Crippen molar-refractivity contribution in [2.75, 3.05) is 0 Å². The van der Waals surface area contributed by atoms with Crippen LogP contribution >= 0.6 is 0 Å². The number of nitrogens with zero attached hydrogens (tertiary/aromatic N) is 3. The van der Waals surface area contributed by atoms with Gasteiger partial charge in [-0.3, -0.25) is 0 Å². The predicted molar refractivity (Wildman–Crippen MR) is 58.8 cm³/mol. The number of carboxylic acids is 1. The minimum Gasteiger partial charge on any atom is -0.476 e. The molecular weight excluding hydrogens is 222 g/mol. The monoisotopic (exact) mass is 235 g/mol. The van der Waals surface area contributed by atoms with Crippen LogP contribution in [0.5, 0.6) is 0 Å². The van der Waals surface area contributed by atoms with Gasteiger partial charge in [-0.1, -0.05) is 18.6 Å². The molecule has 0 fully saturated rings. The Kier molecular flexibility index (Phi) is 3.22. The molecule has 0 aliphatic heterocycles. The zero-order valence-electron chi connectivity index (χ0n) is 9.46. The standard InChI is InChI=1S/C11H13N3O3/c1-2-3-9-10(11(15)16)12-13-14(9)6-8-4-5-17-7-8/h4-5,7H,2-3,6H2,1H3,(H,15,16). The van der Waals surface area contributed by atoms with E-state index in [1.807, 2.05) is 13.0 Å². The van der Waals surface area contributed by atoms with Crippen LogP contribution in [-0.4, -0.2) is 26.1 Å². The van der Waals surface area contributed by atoms with Crippen LogP contribution in [0.3, 0.4) is 0 Å². The summed E-state index contributed by atoms with van der Waals surface area (Å²) in [5.74, 6) is -1.04. The van der Waals surface area contributed by atoms with Gasteiger partial charge in [-0.25, -0.2) is 9.48 Å². The Labute approximate surface area is 97.9 Å². The van der Waals surface area contributed by atoms with E-state index in [0.29, 0.717) is 18.7 Å². The number of carboxylic acid groups (broad SMARTS) is 1. The number of hydrogen-bond acceptors (Lipinski definition) is 4. The molecule has 0 atom stereocenters. The van der Waals surface area contributed by atoms with Crippen molar-refractivity contribution in [3.8, 4) is 0 Å². The molecule has 2 aromatic heterocycles. The Morgan fingerprint density at radius 1 is 1.59 bits per heavy atom. The Bertz CT molecular complexity index is 502. The van der Waals surface area contributed by atoms with Crippen molar-refractivity contribution in [1.29, 1.82) is 0 Å². The number of aromatic carboxylic acids is 1. The van der Waals surface area contributed by atoms with Gasteiger partial charge in [0, 0.05) is 5.56 Å². The van der Waals surface area contributed by atoms with Gasteiger partial charge in [0.05, 0.1) is 24.8 Å². The lowest BCUT2D eigenvalue weighted by atomic mass is 10.2. The molecule has 0 amide bonds. The average molecular weight is 235 g/mol. The Morgan fingerprint density at radius 3 is 3.00 bits per heavy atom. The Morgan fingerprint density at radius 2 is 2.41 bits per heavy atom. The van der Waals surface area contributed by atoms with Gasteiger partial charge in [0.1, 0.15) is 0 Å². The Hall–Kier alpha value is -2.11. The molecule has 6 nitrogen and oxygen atoms in total. The van der Waals surface area contributed by atoms with Gasteiger partial charge < -0.3 is 9.52 Å². The minimum atomic E-state index is -1.04. The van der Waals surface area contributed by atoms with Gasteiger partial charge in [-0.05, 0) is 12.5 Å². The maximum absolute atomic E-state index is 11.0. The molecule has 1 N–H and O–H groups in total. The highest BCUT2D eigenvalue weighted by atomic mass is 16.4. The topological polar surface area (TPSA) is 81.1 Å². The summed E-state index contributed by atoms with van der Waals surface area (Å²) in [6.45, 7) is 2.47. The second kappa shape index (κ2) is 4.82. The lowest BCUT2D eigenvalue weighted by molar-refractivity contribution is 0.0689. The normalized spacial score (nSPS) is 10.6. The van der Waals surface area contributed by atoms with E-state index in [1.54, 1.807) is 17.2 Å². The quantitative estimate of drug-likeness (QED) is 0.850. The summed E-state index contributed by atoms with van der Waals surface area (Å²) >= 11 is 0. The largest absolute Gasteiger partial charge is 0.476 e. The summed E-state index contributed by atoms with van der Waals surface area (Å²) < 4.78 is 6.57. The first kappa shape index (κ1) is 11.4. The van der Waals surface area contributed by atoms with Gasteiger partial charge in [0.2, 0.25) is 0 Å². The van der Waals surface area contributed by atoms with Crippen LogP contribution in [0.4, 0.5) is 0 Å². The molecule has 0 aromatic carbocycles. The number of hydrogen-bond donors (Lipinski definition) is 1. The SMILES string of the molecule is CCCc1c(C(=O)O)nnn1Cc1ccoc1. The van der Waals surface area contributed by atoms with Crippen LogP contribution in [0.25, 0.3) is 0 Å². The van der Waals surface area contributed by atoms with Crippen molar-refractivity contribution >= 4 is 5.97 Å². The summed E-state index contributed by atoms with van der Waals surface area (Å²) in [4.78, 5) is 11.0. The third kappa shape index (κ3) is 2.35. The predicted octanol–water partition coefficient (Wildman–Crippen LogP) is 1.57. The smallest absolute Gasteiger partial charge is 0.358 e. The number of rotatable bonds is 5. The third-order valence-corrected chi connectivity index (χ3v) is 2.44. The molecule has 2 heterocycles. The van der Waals surface area contributed by atoms with Gasteiger partial charge in [0.15, 0.2) is 5.69 Å².